The fourth-order valence-corrected chi connectivity index (χ4v) is 1.62. The summed E-state index contributed by atoms with van der Waals surface area (Å²) in [6.07, 6.45) is 2.88. The smallest absolute Gasteiger partial charge is 0.170 e. The predicted molar refractivity (Wildman–Crippen MR) is 60.7 cm³/mol. The molecule has 0 saturated heterocycles. The Morgan fingerprint density at radius 1 is 1.39 bits per heavy atom. The third kappa shape index (κ3) is 1.90. The molecule has 0 spiro atoms. The van der Waals surface area contributed by atoms with Crippen molar-refractivity contribution in [1.82, 2.24) is 9.55 Å². The van der Waals surface area contributed by atoms with Gasteiger partial charge in [0.15, 0.2) is 17.5 Å². The Morgan fingerprint density at radius 3 is 2.44 bits per heavy atom. The van der Waals surface area contributed by atoms with Gasteiger partial charge >= 0.3 is 0 Å². The molecular formula is C11H10F2N4O. The third-order valence-electron chi connectivity index (χ3n) is 2.49. The number of halogens is 2. The first-order valence-electron chi connectivity index (χ1n) is 5.02. The van der Waals surface area contributed by atoms with Gasteiger partial charge in [-0.25, -0.2) is 13.8 Å². The average Bonchev–Trinajstić information content (AvgIpc) is 2.74. The highest BCUT2D eigenvalue weighted by Crippen LogP contribution is 2.20. The number of amidine groups is 1. The Morgan fingerprint density at radius 2 is 2.00 bits per heavy atom. The van der Waals surface area contributed by atoms with Crippen molar-refractivity contribution in [3.63, 3.8) is 0 Å². The van der Waals surface area contributed by atoms with Crippen molar-refractivity contribution in [2.45, 2.75) is 6.92 Å². The highest BCUT2D eigenvalue weighted by Gasteiger charge is 2.16. The summed E-state index contributed by atoms with van der Waals surface area (Å²) in [6.45, 7) is 1.62. The maximum Gasteiger partial charge on any atom is 0.170 e. The lowest BCUT2D eigenvalue weighted by Gasteiger charge is -2.09. The highest BCUT2D eigenvalue weighted by atomic mass is 19.1. The van der Waals surface area contributed by atoms with E-state index in [0.29, 0.717) is 5.82 Å². The van der Waals surface area contributed by atoms with E-state index >= 15 is 0 Å². The molecule has 1 aromatic heterocycles. The molecule has 0 bridgehead atoms. The van der Waals surface area contributed by atoms with Crippen LogP contribution in [0, 0.1) is 18.6 Å². The van der Waals surface area contributed by atoms with Crippen molar-refractivity contribution in [3.8, 4) is 5.69 Å². The molecule has 0 amide bonds. The lowest BCUT2D eigenvalue weighted by atomic mass is 10.1. The summed E-state index contributed by atoms with van der Waals surface area (Å²) in [7, 11) is 0. The molecule has 0 aliphatic heterocycles. The maximum atomic E-state index is 13.9. The van der Waals surface area contributed by atoms with Crippen LogP contribution in [0.1, 0.15) is 11.4 Å². The number of benzene rings is 1. The van der Waals surface area contributed by atoms with Crippen LogP contribution < -0.4 is 5.73 Å². The van der Waals surface area contributed by atoms with Gasteiger partial charge in [0.25, 0.3) is 0 Å². The Hall–Kier alpha value is -2.44. The molecule has 0 radical (unpaired) electrons. The number of aryl methyl sites for hydroxylation is 1. The Labute approximate surface area is 101 Å². The number of oxime groups is 1. The van der Waals surface area contributed by atoms with Crippen LogP contribution in [0.3, 0.4) is 0 Å². The van der Waals surface area contributed by atoms with Crippen molar-refractivity contribution in [2.75, 3.05) is 0 Å². The molecule has 18 heavy (non-hydrogen) atoms. The van der Waals surface area contributed by atoms with E-state index in [1.54, 1.807) is 6.92 Å². The van der Waals surface area contributed by atoms with E-state index in [9.17, 15) is 8.78 Å². The van der Waals surface area contributed by atoms with E-state index in [0.717, 1.165) is 12.1 Å². The summed E-state index contributed by atoms with van der Waals surface area (Å²) in [5.41, 5.74) is 4.99. The molecule has 0 aliphatic rings. The molecule has 0 fully saturated rings. The number of hydrogen-bond acceptors (Lipinski definition) is 3. The molecule has 0 unspecified atom stereocenters. The first-order valence-corrected chi connectivity index (χ1v) is 5.02. The van der Waals surface area contributed by atoms with E-state index in [1.807, 2.05) is 0 Å². The predicted octanol–water partition coefficient (Wildman–Crippen LogP) is 1.55. The van der Waals surface area contributed by atoms with E-state index < -0.39 is 11.6 Å². The Bertz CT molecular complexity index is 598. The SMILES string of the molecule is Cc1nccn1-c1c(F)cc(/C(N)=N/O)cc1F. The van der Waals surface area contributed by atoms with Gasteiger partial charge in [-0.1, -0.05) is 5.16 Å². The third-order valence-corrected chi connectivity index (χ3v) is 2.49. The molecule has 0 aliphatic carbocycles. The summed E-state index contributed by atoms with van der Waals surface area (Å²) >= 11 is 0. The first kappa shape index (κ1) is 12.0. The standard InChI is InChI=1S/C11H10F2N4O/c1-6-15-2-3-17(6)10-8(12)4-7(5-9(10)13)11(14)16-18/h2-5,18H,1H3,(H2,14,16). The zero-order chi connectivity index (χ0) is 13.3. The molecule has 1 aromatic carbocycles. The largest absolute Gasteiger partial charge is 0.409 e. The molecule has 5 nitrogen and oxygen atoms in total. The normalized spacial score (nSPS) is 11.8. The molecule has 0 atom stereocenters. The van der Waals surface area contributed by atoms with Gasteiger partial charge in [0.05, 0.1) is 0 Å². The van der Waals surface area contributed by atoms with Crippen LogP contribution in [0.4, 0.5) is 8.78 Å². The fraction of sp³-hybridized carbons (Fsp3) is 0.0909. The Balaban J connectivity index is 2.62. The van der Waals surface area contributed by atoms with Gasteiger partial charge in [-0.3, -0.25) is 4.57 Å². The monoisotopic (exact) mass is 252 g/mol. The van der Waals surface area contributed by atoms with Crippen LogP contribution in [0.5, 0.6) is 0 Å². The zero-order valence-electron chi connectivity index (χ0n) is 9.43. The molecule has 1 heterocycles. The van der Waals surface area contributed by atoms with Crippen LogP contribution in [-0.2, 0) is 0 Å². The van der Waals surface area contributed by atoms with Crippen LogP contribution >= 0.6 is 0 Å². The second kappa shape index (κ2) is 4.44. The van der Waals surface area contributed by atoms with Gasteiger partial charge < -0.3 is 10.9 Å². The van der Waals surface area contributed by atoms with Crippen LogP contribution in [0.15, 0.2) is 29.7 Å². The Kier molecular flexibility index (Phi) is 2.97. The van der Waals surface area contributed by atoms with Gasteiger partial charge in [0.2, 0.25) is 0 Å². The van der Waals surface area contributed by atoms with Gasteiger partial charge in [0.1, 0.15) is 11.5 Å². The summed E-state index contributed by atoms with van der Waals surface area (Å²) in [5.74, 6) is -1.55. The molecule has 0 saturated carbocycles. The second-order valence-electron chi connectivity index (χ2n) is 3.62. The summed E-state index contributed by atoms with van der Waals surface area (Å²) in [4.78, 5) is 3.89. The number of rotatable bonds is 2. The summed E-state index contributed by atoms with van der Waals surface area (Å²) < 4.78 is 29.0. The maximum absolute atomic E-state index is 13.9. The van der Waals surface area contributed by atoms with Gasteiger partial charge in [-0.05, 0) is 19.1 Å². The number of imidazole rings is 1. The van der Waals surface area contributed by atoms with Crippen molar-refractivity contribution in [3.05, 3.63) is 47.5 Å². The number of nitrogens with two attached hydrogens (primary N) is 1. The number of aromatic nitrogens is 2. The van der Waals surface area contributed by atoms with Gasteiger partial charge in [-0.15, -0.1) is 0 Å². The second-order valence-corrected chi connectivity index (χ2v) is 3.62. The first-order chi connectivity index (χ1) is 8.54. The van der Waals surface area contributed by atoms with Crippen LogP contribution in [-0.4, -0.2) is 20.6 Å². The molecule has 3 N–H and O–H groups in total. The minimum atomic E-state index is -0.822. The minimum absolute atomic E-state index is 0.0333. The van der Waals surface area contributed by atoms with Crippen molar-refractivity contribution >= 4 is 5.84 Å². The lowest BCUT2D eigenvalue weighted by Crippen LogP contribution is -2.15. The summed E-state index contributed by atoms with van der Waals surface area (Å²) in [6, 6.07) is 1.99. The lowest BCUT2D eigenvalue weighted by molar-refractivity contribution is 0.318. The number of hydrogen-bond donors (Lipinski definition) is 2. The average molecular weight is 252 g/mol. The quantitative estimate of drug-likeness (QED) is 0.368. The molecular weight excluding hydrogens is 242 g/mol. The molecule has 2 rings (SSSR count). The molecule has 7 heteroatoms. The zero-order valence-corrected chi connectivity index (χ0v) is 9.43. The van der Waals surface area contributed by atoms with E-state index in [1.165, 1.54) is 17.0 Å². The fourth-order valence-electron chi connectivity index (χ4n) is 1.62. The minimum Gasteiger partial charge on any atom is -0.409 e. The van der Waals surface area contributed by atoms with Crippen molar-refractivity contribution in [2.24, 2.45) is 10.9 Å². The molecule has 2 aromatic rings. The van der Waals surface area contributed by atoms with E-state index in [4.69, 9.17) is 10.9 Å². The van der Waals surface area contributed by atoms with Crippen LogP contribution in [0.25, 0.3) is 5.69 Å². The molecule has 94 valence electrons. The van der Waals surface area contributed by atoms with E-state index in [2.05, 4.69) is 10.1 Å². The highest BCUT2D eigenvalue weighted by molar-refractivity contribution is 5.97. The topological polar surface area (TPSA) is 76.4 Å². The van der Waals surface area contributed by atoms with Gasteiger partial charge in [0, 0.05) is 18.0 Å². The van der Waals surface area contributed by atoms with Gasteiger partial charge in [-0.2, -0.15) is 0 Å². The summed E-state index contributed by atoms with van der Waals surface area (Å²) in [5, 5.41) is 11.2. The number of nitrogens with zero attached hydrogens (tertiary/aromatic N) is 3. The van der Waals surface area contributed by atoms with Crippen molar-refractivity contribution in [1.29, 1.82) is 0 Å². The van der Waals surface area contributed by atoms with Crippen LogP contribution in [0.2, 0.25) is 0 Å². The van der Waals surface area contributed by atoms with Crippen molar-refractivity contribution < 1.29 is 14.0 Å². The van der Waals surface area contributed by atoms with E-state index in [-0.39, 0.29) is 17.1 Å².